The third-order valence-electron chi connectivity index (χ3n) is 2.65. The number of carbonyl (C=O) groups excluding carboxylic acids is 1. The molecular weight excluding hydrogens is 268 g/mol. The normalized spacial score (nSPS) is 12.6. The number of hydrogen-bond acceptors (Lipinski definition) is 3. The molecule has 1 amide bonds. The van der Waals surface area contributed by atoms with Crippen molar-refractivity contribution in [3.8, 4) is 5.75 Å². The Morgan fingerprint density at radius 1 is 1.30 bits per heavy atom. The summed E-state index contributed by atoms with van der Waals surface area (Å²) in [4.78, 5) is 11.9. The molecule has 6 heteroatoms. The first-order valence-electron chi connectivity index (χ1n) is 6.39. The van der Waals surface area contributed by atoms with Crippen molar-refractivity contribution >= 4 is 5.91 Å². The predicted molar refractivity (Wildman–Crippen MR) is 70.9 cm³/mol. The number of ether oxygens (including phenoxy) is 1. The quantitative estimate of drug-likeness (QED) is 0.809. The monoisotopic (exact) mass is 287 g/mol. The van der Waals surface area contributed by atoms with E-state index in [1.54, 1.807) is 0 Å². The molecule has 0 saturated carbocycles. The van der Waals surface area contributed by atoms with Crippen LogP contribution in [0.25, 0.3) is 0 Å². The van der Waals surface area contributed by atoms with Crippen molar-refractivity contribution in [1.82, 2.24) is 5.32 Å². The van der Waals surface area contributed by atoms with Crippen molar-refractivity contribution in [2.45, 2.75) is 32.9 Å². The second-order valence-corrected chi connectivity index (χ2v) is 4.89. The van der Waals surface area contributed by atoms with Crippen LogP contribution in [0.15, 0.2) is 24.3 Å². The summed E-state index contributed by atoms with van der Waals surface area (Å²) in [5, 5.41) is 11.9. The zero-order chi connectivity index (χ0) is 15.1. The molecule has 0 aliphatic heterocycles. The lowest BCUT2D eigenvalue weighted by Crippen LogP contribution is -2.38. The molecule has 4 nitrogen and oxygen atoms in total. The van der Waals surface area contributed by atoms with Crippen LogP contribution in [-0.2, 0) is 0 Å². The number of rotatable bonds is 7. The molecule has 0 fully saturated rings. The molecule has 0 aromatic heterocycles. The first-order chi connectivity index (χ1) is 9.42. The van der Waals surface area contributed by atoms with Gasteiger partial charge in [0, 0.05) is 5.56 Å². The molecule has 1 aromatic carbocycles. The van der Waals surface area contributed by atoms with Crippen LogP contribution >= 0.6 is 0 Å². The Morgan fingerprint density at radius 3 is 2.35 bits per heavy atom. The predicted octanol–water partition coefficient (Wildman–Crippen LogP) is 2.42. The number of carbonyl (C=O) groups is 1. The van der Waals surface area contributed by atoms with Crippen molar-refractivity contribution in [3.05, 3.63) is 29.8 Å². The zero-order valence-corrected chi connectivity index (χ0v) is 11.5. The van der Waals surface area contributed by atoms with Crippen LogP contribution in [0.2, 0.25) is 0 Å². The molecule has 0 radical (unpaired) electrons. The van der Waals surface area contributed by atoms with Gasteiger partial charge in [0.05, 0.1) is 12.6 Å². The van der Waals surface area contributed by atoms with Gasteiger partial charge in [-0.25, -0.2) is 0 Å². The van der Waals surface area contributed by atoms with Crippen LogP contribution in [0.5, 0.6) is 5.75 Å². The van der Waals surface area contributed by atoms with E-state index in [-0.39, 0.29) is 24.3 Å². The fourth-order valence-electron chi connectivity index (χ4n) is 1.80. The van der Waals surface area contributed by atoms with Crippen molar-refractivity contribution in [1.29, 1.82) is 0 Å². The Labute approximate surface area is 116 Å². The lowest BCUT2D eigenvalue weighted by Gasteiger charge is -2.18. The number of aliphatic hydroxyl groups excluding tert-OH is 1. The van der Waals surface area contributed by atoms with Gasteiger partial charge in [0.25, 0.3) is 5.91 Å². The van der Waals surface area contributed by atoms with Gasteiger partial charge in [-0.15, -0.1) is 0 Å². The number of nitrogens with one attached hydrogen (secondary N) is 1. The van der Waals surface area contributed by atoms with Crippen LogP contribution in [0.3, 0.4) is 0 Å². The number of halogens is 2. The Kier molecular flexibility index (Phi) is 6.38. The summed E-state index contributed by atoms with van der Waals surface area (Å²) in [5.74, 6) is -0.0139. The average Bonchev–Trinajstić information content (AvgIpc) is 2.37. The van der Waals surface area contributed by atoms with E-state index in [0.717, 1.165) is 0 Å². The third-order valence-corrected chi connectivity index (χ3v) is 2.65. The SMILES string of the molecule is CC(C)CC(CO)NC(=O)c1ccc(OC(F)F)cc1. The second-order valence-electron chi connectivity index (χ2n) is 4.89. The minimum atomic E-state index is -2.89. The van der Waals surface area contributed by atoms with Gasteiger partial charge >= 0.3 is 6.61 Å². The molecule has 0 spiro atoms. The van der Waals surface area contributed by atoms with Gasteiger partial charge in [-0.2, -0.15) is 8.78 Å². The van der Waals surface area contributed by atoms with E-state index in [2.05, 4.69) is 10.1 Å². The van der Waals surface area contributed by atoms with E-state index in [4.69, 9.17) is 0 Å². The summed E-state index contributed by atoms with van der Waals surface area (Å²) in [6.45, 7) is 0.951. The molecule has 0 bridgehead atoms. The third kappa shape index (κ3) is 5.52. The maximum Gasteiger partial charge on any atom is 0.387 e. The Bertz CT molecular complexity index is 421. The van der Waals surface area contributed by atoms with Gasteiger partial charge in [-0.05, 0) is 36.6 Å². The van der Waals surface area contributed by atoms with Crippen molar-refractivity contribution in [2.75, 3.05) is 6.61 Å². The van der Waals surface area contributed by atoms with E-state index in [1.807, 2.05) is 13.8 Å². The summed E-state index contributed by atoms with van der Waals surface area (Å²) in [6, 6.07) is 5.09. The largest absolute Gasteiger partial charge is 0.435 e. The van der Waals surface area contributed by atoms with E-state index in [9.17, 15) is 18.7 Å². The van der Waals surface area contributed by atoms with Gasteiger partial charge in [0.15, 0.2) is 0 Å². The van der Waals surface area contributed by atoms with Gasteiger partial charge < -0.3 is 15.2 Å². The Hall–Kier alpha value is -1.69. The minimum absolute atomic E-state index is 0.00237. The lowest BCUT2D eigenvalue weighted by molar-refractivity contribution is -0.0498. The number of aliphatic hydroxyl groups is 1. The van der Waals surface area contributed by atoms with E-state index in [0.29, 0.717) is 17.9 Å². The van der Waals surface area contributed by atoms with Gasteiger partial charge in [-0.1, -0.05) is 13.8 Å². The van der Waals surface area contributed by atoms with Gasteiger partial charge in [0.1, 0.15) is 5.75 Å². The highest BCUT2D eigenvalue weighted by molar-refractivity contribution is 5.94. The summed E-state index contributed by atoms with van der Waals surface area (Å²) >= 11 is 0. The van der Waals surface area contributed by atoms with Crippen LogP contribution in [0.1, 0.15) is 30.6 Å². The molecule has 0 heterocycles. The Morgan fingerprint density at radius 2 is 1.90 bits per heavy atom. The average molecular weight is 287 g/mol. The topological polar surface area (TPSA) is 58.6 Å². The minimum Gasteiger partial charge on any atom is -0.435 e. The number of benzene rings is 1. The molecule has 112 valence electrons. The highest BCUT2D eigenvalue weighted by atomic mass is 19.3. The molecule has 0 saturated heterocycles. The fourth-order valence-corrected chi connectivity index (χ4v) is 1.80. The molecule has 20 heavy (non-hydrogen) atoms. The summed E-state index contributed by atoms with van der Waals surface area (Å²) in [5.41, 5.74) is 0.328. The molecule has 2 N–H and O–H groups in total. The molecule has 0 aliphatic carbocycles. The van der Waals surface area contributed by atoms with Gasteiger partial charge in [-0.3, -0.25) is 4.79 Å². The van der Waals surface area contributed by atoms with Crippen LogP contribution in [0.4, 0.5) is 8.78 Å². The maximum atomic E-state index is 12.0. The molecular formula is C14H19F2NO3. The lowest BCUT2D eigenvalue weighted by atomic mass is 10.0. The van der Waals surface area contributed by atoms with Crippen LogP contribution in [0, 0.1) is 5.92 Å². The number of hydrogen-bond donors (Lipinski definition) is 2. The van der Waals surface area contributed by atoms with Crippen molar-refractivity contribution in [2.24, 2.45) is 5.92 Å². The number of alkyl halides is 2. The second kappa shape index (κ2) is 7.79. The van der Waals surface area contributed by atoms with E-state index < -0.39 is 6.61 Å². The summed E-state index contributed by atoms with van der Waals surface area (Å²) in [7, 11) is 0. The van der Waals surface area contributed by atoms with Crippen molar-refractivity contribution < 1.29 is 23.4 Å². The molecule has 1 atom stereocenters. The van der Waals surface area contributed by atoms with Gasteiger partial charge in [0.2, 0.25) is 0 Å². The molecule has 0 aliphatic rings. The summed E-state index contributed by atoms with van der Waals surface area (Å²) < 4.78 is 28.2. The van der Waals surface area contributed by atoms with E-state index >= 15 is 0 Å². The van der Waals surface area contributed by atoms with Crippen molar-refractivity contribution in [3.63, 3.8) is 0 Å². The summed E-state index contributed by atoms with van der Waals surface area (Å²) in [6.07, 6.45) is 0.662. The smallest absolute Gasteiger partial charge is 0.387 e. The maximum absolute atomic E-state index is 12.0. The zero-order valence-electron chi connectivity index (χ0n) is 11.5. The van der Waals surface area contributed by atoms with E-state index in [1.165, 1.54) is 24.3 Å². The first kappa shape index (κ1) is 16.4. The van der Waals surface area contributed by atoms with Crippen LogP contribution in [-0.4, -0.2) is 30.3 Å². The number of amides is 1. The Balaban J connectivity index is 2.62. The van der Waals surface area contributed by atoms with Crippen LogP contribution < -0.4 is 10.1 Å². The highest BCUT2D eigenvalue weighted by Crippen LogP contribution is 2.15. The molecule has 1 aromatic rings. The fraction of sp³-hybridized carbons (Fsp3) is 0.500. The standard InChI is InChI=1S/C14H19F2NO3/c1-9(2)7-11(8-18)17-13(19)10-3-5-12(6-4-10)20-14(15)16/h3-6,9,11,14,18H,7-8H2,1-2H3,(H,17,19). The molecule has 1 unspecified atom stereocenters. The highest BCUT2D eigenvalue weighted by Gasteiger charge is 2.14. The molecule has 1 rings (SSSR count). The first-order valence-corrected chi connectivity index (χ1v) is 6.39.